The van der Waals surface area contributed by atoms with E-state index >= 15 is 0 Å². The molecule has 2 aromatic rings. The highest BCUT2D eigenvalue weighted by Crippen LogP contribution is 2.41. The van der Waals surface area contributed by atoms with E-state index in [0.717, 1.165) is 42.5 Å². The van der Waals surface area contributed by atoms with Gasteiger partial charge in [0, 0.05) is 24.6 Å². The first kappa shape index (κ1) is 19.9. The zero-order valence-electron chi connectivity index (χ0n) is 16.0. The Kier molecular flexibility index (Phi) is 5.58. The summed E-state index contributed by atoms with van der Waals surface area (Å²) in [7, 11) is 0. The molecule has 1 aromatic carbocycles. The summed E-state index contributed by atoms with van der Waals surface area (Å²) in [6.07, 6.45) is -1.16. The van der Waals surface area contributed by atoms with Crippen molar-refractivity contribution in [2.45, 2.75) is 43.9 Å². The van der Waals surface area contributed by atoms with E-state index in [9.17, 15) is 18.0 Å². The van der Waals surface area contributed by atoms with E-state index in [2.05, 4.69) is 20.3 Å². The Balaban J connectivity index is 1.30. The first-order valence-electron chi connectivity index (χ1n) is 9.95. The van der Waals surface area contributed by atoms with Crippen molar-refractivity contribution in [1.82, 2.24) is 19.7 Å². The van der Waals surface area contributed by atoms with Gasteiger partial charge < -0.3 is 10.2 Å². The number of hydrogen-bond donors (Lipinski definition) is 1. The van der Waals surface area contributed by atoms with Crippen LogP contribution < -0.4 is 5.32 Å². The van der Waals surface area contributed by atoms with E-state index in [1.54, 1.807) is 0 Å². The molecule has 3 heterocycles. The molecule has 2 aliphatic heterocycles. The summed E-state index contributed by atoms with van der Waals surface area (Å²) in [5.41, 5.74) is 0.719. The van der Waals surface area contributed by atoms with Crippen molar-refractivity contribution in [2.24, 2.45) is 5.92 Å². The number of ketones is 1. The summed E-state index contributed by atoms with van der Waals surface area (Å²) < 4.78 is 41.3. The molecule has 0 bridgehead atoms. The molecule has 0 radical (unpaired) electrons. The fourth-order valence-corrected chi connectivity index (χ4v) is 4.34. The number of rotatable bonds is 5. The van der Waals surface area contributed by atoms with Crippen LogP contribution in [0.4, 0.5) is 19.1 Å². The molecule has 0 spiro atoms. The summed E-state index contributed by atoms with van der Waals surface area (Å²) in [5, 5.41) is 6.90. The molecule has 4 rings (SSSR count). The first-order valence-corrected chi connectivity index (χ1v) is 9.95. The van der Waals surface area contributed by atoms with Crippen LogP contribution in [0.2, 0.25) is 0 Å². The minimum atomic E-state index is -4.35. The predicted molar refractivity (Wildman–Crippen MR) is 102 cm³/mol. The maximum absolute atomic E-state index is 13.5. The maximum atomic E-state index is 13.5. The molecule has 1 aromatic heterocycles. The average Bonchev–Trinajstić information content (AvgIpc) is 3.20. The number of anilines is 1. The smallest absolute Gasteiger partial charge is 0.351 e. The van der Waals surface area contributed by atoms with Crippen LogP contribution in [0, 0.1) is 5.92 Å². The number of benzene rings is 1. The summed E-state index contributed by atoms with van der Waals surface area (Å²) in [6, 6.07) is 7.32. The second-order valence-electron chi connectivity index (χ2n) is 7.79. The molecule has 1 fully saturated rings. The van der Waals surface area contributed by atoms with E-state index in [4.69, 9.17) is 0 Å². The summed E-state index contributed by atoms with van der Waals surface area (Å²) in [4.78, 5) is 18.4. The largest absolute Gasteiger partial charge is 0.411 e. The number of fused-ring (bicyclic) bond motifs is 1. The summed E-state index contributed by atoms with van der Waals surface area (Å²) in [5.74, 6) is 0.458. The van der Waals surface area contributed by atoms with Crippen molar-refractivity contribution in [2.75, 3.05) is 25.0 Å². The number of piperidine rings is 1. The molecule has 2 atom stereocenters. The third-order valence-electron chi connectivity index (χ3n) is 5.99. The second-order valence-corrected chi connectivity index (χ2v) is 7.79. The number of carbonyl (C=O) groups is 1. The third-order valence-corrected chi connectivity index (χ3v) is 5.99. The lowest BCUT2D eigenvalue weighted by atomic mass is 9.85. The molecular formula is C20H24F3N5O. The fourth-order valence-electron chi connectivity index (χ4n) is 4.34. The molecule has 6 nitrogen and oxygen atoms in total. The molecule has 1 saturated heterocycles. The minimum Gasteiger partial charge on any atom is -0.351 e. The minimum absolute atomic E-state index is 0.0307. The van der Waals surface area contributed by atoms with Crippen molar-refractivity contribution in [1.29, 1.82) is 0 Å². The Bertz CT molecular complexity index is 830. The van der Waals surface area contributed by atoms with Gasteiger partial charge in [-0.15, -0.1) is 0 Å². The van der Waals surface area contributed by atoms with Crippen LogP contribution >= 0.6 is 0 Å². The molecular weight excluding hydrogens is 383 g/mol. The van der Waals surface area contributed by atoms with Gasteiger partial charge in [-0.1, -0.05) is 30.3 Å². The van der Waals surface area contributed by atoms with Crippen LogP contribution in [0.3, 0.4) is 0 Å². The Morgan fingerprint density at radius 1 is 1.17 bits per heavy atom. The predicted octanol–water partition coefficient (Wildman–Crippen LogP) is 3.55. The van der Waals surface area contributed by atoms with Crippen molar-refractivity contribution in [3.8, 4) is 0 Å². The molecule has 0 saturated carbocycles. The van der Waals surface area contributed by atoms with Gasteiger partial charge in [0.15, 0.2) is 11.8 Å². The molecule has 0 aliphatic carbocycles. The normalized spacial score (nSPS) is 23.4. The Labute approximate surface area is 167 Å². The van der Waals surface area contributed by atoms with Crippen molar-refractivity contribution < 1.29 is 18.0 Å². The van der Waals surface area contributed by atoms with Gasteiger partial charge in [0.2, 0.25) is 5.95 Å². The number of hydrogen-bond acceptors (Lipinski definition) is 5. The molecule has 0 amide bonds. The van der Waals surface area contributed by atoms with Crippen molar-refractivity contribution >= 4 is 11.7 Å². The Hall–Kier alpha value is -2.42. The molecule has 9 heteroatoms. The van der Waals surface area contributed by atoms with Gasteiger partial charge in [0.25, 0.3) is 0 Å². The van der Waals surface area contributed by atoms with Gasteiger partial charge in [-0.3, -0.25) is 4.79 Å². The number of likely N-dealkylation sites (tertiary alicyclic amines) is 1. The number of Topliss-reactive ketones (excluding diaryl/α,β-unsaturated/α-hetero) is 1. The highest BCUT2D eigenvalue weighted by Gasteiger charge is 2.47. The van der Waals surface area contributed by atoms with Crippen molar-refractivity contribution in [3.05, 3.63) is 42.2 Å². The topological polar surface area (TPSA) is 63.1 Å². The van der Waals surface area contributed by atoms with E-state index < -0.39 is 12.2 Å². The summed E-state index contributed by atoms with van der Waals surface area (Å²) >= 11 is 0. The van der Waals surface area contributed by atoms with E-state index in [1.807, 2.05) is 30.3 Å². The lowest BCUT2D eigenvalue weighted by Gasteiger charge is -2.40. The van der Waals surface area contributed by atoms with E-state index in [0.29, 0.717) is 13.0 Å². The number of halogens is 3. The molecule has 0 unspecified atom stereocenters. The quantitative estimate of drug-likeness (QED) is 0.768. The molecule has 2 aliphatic rings. The van der Waals surface area contributed by atoms with Crippen LogP contribution in [-0.2, 0) is 0 Å². The van der Waals surface area contributed by atoms with Crippen LogP contribution in [0.1, 0.15) is 42.1 Å². The Morgan fingerprint density at radius 2 is 1.90 bits per heavy atom. The number of nitrogens with zero attached hydrogens (tertiary/aromatic N) is 4. The monoisotopic (exact) mass is 407 g/mol. The van der Waals surface area contributed by atoms with Crippen molar-refractivity contribution in [3.63, 3.8) is 0 Å². The third kappa shape index (κ3) is 4.44. The van der Waals surface area contributed by atoms with Gasteiger partial charge >= 0.3 is 6.18 Å². The number of aromatic nitrogens is 3. The maximum Gasteiger partial charge on any atom is 0.411 e. The molecule has 29 heavy (non-hydrogen) atoms. The van der Waals surface area contributed by atoms with Gasteiger partial charge in [0.1, 0.15) is 6.33 Å². The average molecular weight is 407 g/mol. The SMILES string of the molecule is O=C(CCN1CCC([C@@H]2C[C@H](C(F)(F)F)n3ncnc3N2)CC1)c1ccccc1. The van der Waals surface area contributed by atoms with Gasteiger partial charge in [-0.2, -0.15) is 23.3 Å². The number of nitrogens with one attached hydrogen (secondary N) is 1. The van der Waals surface area contributed by atoms with Gasteiger partial charge in [0.05, 0.1) is 0 Å². The zero-order chi connectivity index (χ0) is 20.4. The lowest BCUT2D eigenvalue weighted by molar-refractivity contribution is -0.174. The standard InChI is InChI=1S/C20H24F3N5O/c21-20(22,23)18-12-16(26-19-24-13-25-28(18)19)14-6-9-27(10-7-14)11-8-17(29)15-4-2-1-3-5-15/h1-5,13-14,16,18H,6-12H2,(H,24,25,26)/t16-,18+/m0/s1. The molecule has 156 valence electrons. The van der Waals surface area contributed by atoms with Gasteiger partial charge in [-0.05, 0) is 38.3 Å². The Morgan fingerprint density at radius 3 is 2.59 bits per heavy atom. The van der Waals surface area contributed by atoms with Crippen LogP contribution in [0.5, 0.6) is 0 Å². The van der Waals surface area contributed by atoms with Crippen LogP contribution in [-0.4, -0.2) is 57.3 Å². The van der Waals surface area contributed by atoms with Crippen LogP contribution in [0.15, 0.2) is 36.7 Å². The second kappa shape index (κ2) is 8.14. The number of alkyl halides is 3. The highest BCUT2D eigenvalue weighted by molar-refractivity contribution is 5.96. The molecule has 1 N–H and O–H groups in total. The zero-order valence-corrected chi connectivity index (χ0v) is 16.0. The highest BCUT2D eigenvalue weighted by atomic mass is 19.4. The van der Waals surface area contributed by atoms with Gasteiger partial charge in [-0.25, -0.2) is 4.68 Å². The van der Waals surface area contributed by atoms with E-state index in [-0.39, 0.29) is 30.1 Å². The van der Waals surface area contributed by atoms with Crippen LogP contribution in [0.25, 0.3) is 0 Å². The fraction of sp³-hybridized carbons (Fsp3) is 0.550. The summed E-state index contributed by atoms with van der Waals surface area (Å²) in [6.45, 7) is 2.25. The number of carbonyl (C=O) groups excluding carboxylic acids is 1. The first-order chi connectivity index (χ1) is 13.9. The van der Waals surface area contributed by atoms with E-state index in [1.165, 1.54) is 0 Å². The lowest BCUT2D eigenvalue weighted by Crippen LogP contribution is -2.46.